The number of rotatable bonds is 6. The van der Waals surface area contributed by atoms with E-state index in [-0.39, 0.29) is 12.4 Å². The van der Waals surface area contributed by atoms with Crippen molar-refractivity contribution in [3.05, 3.63) is 11.7 Å². The monoisotopic (exact) mass is 286 g/mol. The summed E-state index contributed by atoms with van der Waals surface area (Å²) in [5.74, 6) is -1.50. The number of aromatic nitrogens is 2. The molecule has 0 radical (unpaired) electrons. The average molecular weight is 286 g/mol. The van der Waals surface area contributed by atoms with Crippen molar-refractivity contribution in [1.82, 2.24) is 20.8 Å². The van der Waals surface area contributed by atoms with E-state index in [1.807, 2.05) is 0 Å². The molecule has 0 unspecified atom stereocenters. The zero-order chi connectivity index (χ0) is 15.1. The number of aliphatic carboxylic acids is 1. The Morgan fingerprint density at radius 1 is 1.45 bits per heavy atom. The van der Waals surface area contributed by atoms with Gasteiger partial charge in [-0.25, -0.2) is 9.59 Å². The zero-order valence-electron chi connectivity index (χ0n) is 10.9. The lowest BCUT2D eigenvalue weighted by molar-refractivity contribution is -0.147. The van der Waals surface area contributed by atoms with Crippen LogP contribution in [0.1, 0.15) is 18.1 Å². The van der Waals surface area contributed by atoms with Gasteiger partial charge in [0.25, 0.3) is 0 Å². The van der Waals surface area contributed by atoms with Crippen LogP contribution in [0.15, 0.2) is 4.52 Å². The van der Waals surface area contributed by atoms with Crippen molar-refractivity contribution in [2.24, 2.45) is 0 Å². The largest absolute Gasteiger partial charge is 0.480 e. The molecule has 1 heterocycles. The minimum atomic E-state index is -1.38. The van der Waals surface area contributed by atoms with E-state index in [0.29, 0.717) is 5.89 Å². The lowest BCUT2D eigenvalue weighted by Gasteiger charge is -2.13. The van der Waals surface area contributed by atoms with Gasteiger partial charge in [0.05, 0.1) is 20.1 Å². The lowest BCUT2D eigenvalue weighted by Crippen LogP contribution is -2.46. The second-order valence-corrected chi connectivity index (χ2v) is 3.73. The molecule has 0 aliphatic rings. The molecule has 1 rings (SSSR count). The summed E-state index contributed by atoms with van der Waals surface area (Å²) in [6.07, 6.45) is -0.472. The Hall–Kier alpha value is -2.65. The van der Waals surface area contributed by atoms with Gasteiger partial charge in [-0.15, -0.1) is 0 Å². The number of ether oxygens (including phenoxy) is 1. The van der Waals surface area contributed by atoms with Gasteiger partial charge in [0.15, 0.2) is 5.82 Å². The Kier molecular flexibility index (Phi) is 5.44. The summed E-state index contributed by atoms with van der Waals surface area (Å²) >= 11 is 0. The van der Waals surface area contributed by atoms with Crippen LogP contribution in [0, 0.1) is 6.92 Å². The second-order valence-electron chi connectivity index (χ2n) is 3.73. The lowest BCUT2D eigenvalue weighted by atomic mass is 10.2. The highest BCUT2D eigenvalue weighted by atomic mass is 16.5. The number of carbonyl (C=O) groups is 3. The van der Waals surface area contributed by atoms with Gasteiger partial charge in [0.2, 0.25) is 5.89 Å². The van der Waals surface area contributed by atoms with Crippen LogP contribution in [0.25, 0.3) is 0 Å². The Morgan fingerprint density at radius 2 is 2.15 bits per heavy atom. The molecule has 0 fully saturated rings. The van der Waals surface area contributed by atoms with E-state index in [1.54, 1.807) is 6.92 Å². The molecule has 1 aromatic heterocycles. The molecule has 0 saturated carbocycles. The first-order valence-electron chi connectivity index (χ1n) is 5.55. The fraction of sp³-hybridized carbons (Fsp3) is 0.500. The maximum atomic E-state index is 11.5. The Morgan fingerprint density at radius 3 is 2.65 bits per heavy atom. The topological polar surface area (TPSA) is 144 Å². The third-order valence-electron chi connectivity index (χ3n) is 2.18. The van der Waals surface area contributed by atoms with Crippen molar-refractivity contribution in [1.29, 1.82) is 0 Å². The van der Waals surface area contributed by atoms with Gasteiger partial charge >= 0.3 is 18.0 Å². The van der Waals surface area contributed by atoms with Crippen molar-refractivity contribution in [3.63, 3.8) is 0 Å². The summed E-state index contributed by atoms with van der Waals surface area (Å²) < 4.78 is 9.03. The minimum Gasteiger partial charge on any atom is -0.480 e. The number of aryl methyl sites for hydroxylation is 1. The fourth-order valence-electron chi connectivity index (χ4n) is 1.23. The SMILES string of the molecule is COC(=O)C[C@H](NC(=O)NCc1noc(C)n1)C(=O)O. The van der Waals surface area contributed by atoms with Gasteiger partial charge in [-0.3, -0.25) is 4.79 Å². The van der Waals surface area contributed by atoms with Crippen molar-refractivity contribution in [2.75, 3.05) is 7.11 Å². The highest BCUT2D eigenvalue weighted by molar-refractivity contribution is 5.86. The van der Waals surface area contributed by atoms with Gasteiger partial charge in [-0.1, -0.05) is 5.16 Å². The van der Waals surface area contributed by atoms with E-state index in [9.17, 15) is 14.4 Å². The molecule has 0 aliphatic carbocycles. The number of carbonyl (C=O) groups excluding carboxylic acids is 2. The number of amides is 2. The van der Waals surface area contributed by atoms with Crippen LogP contribution in [0.4, 0.5) is 4.79 Å². The molecule has 2 amide bonds. The van der Waals surface area contributed by atoms with E-state index in [4.69, 9.17) is 9.63 Å². The summed E-state index contributed by atoms with van der Waals surface area (Å²) in [7, 11) is 1.12. The standard InChI is InChI=1S/C10H14N4O6/c1-5-12-7(14-20-5)4-11-10(18)13-6(9(16)17)3-8(15)19-2/h6H,3-4H2,1-2H3,(H,16,17)(H2,11,13,18)/t6-/m0/s1. The van der Waals surface area contributed by atoms with Gasteiger partial charge in [0.1, 0.15) is 6.04 Å². The van der Waals surface area contributed by atoms with E-state index in [0.717, 1.165) is 7.11 Å². The maximum absolute atomic E-state index is 11.5. The summed E-state index contributed by atoms with van der Waals surface area (Å²) in [6, 6.07) is -2.15. The zero-order valence-corrected chi connectivity index (χ0v) is 10.9. The van der Waals surface area contributed by atoms with Gasteiger partial charge in [-0.05, 0) is 0 Å². The number of methoxy groups -OCH3 is 1. The summed E-state index contributed by atoms with van der Waals surface area (Å²) in [6.45, 7) is 1.56. The first-order chi connectivity index (χ1) is 9.42. The van der Waals surface area contributed by atoms with Crippen LogP contribution in [0.2, 0.25) is 0 Å². The quantitative estimate of drug-likeness (QED) is 0.576. The highest BCUT2D eigenvalue weighted by Gasteiger charge is 2.23. The number of carboxylic acids is 1. The van der Waals surface area contributed by atoms with Crippen LogP contribution < -0.4 is 10.6 Å². The smallest absolute Gasteiger partial charge is 0.326 e. The maximum Gasteiger partial charge on any atom is 0.326 e. The second kappa shape index (κ2) is 7.07. The Labute approximate surface area is 113 Å². The molecule has 0 saturated heterocycles. The number of nitrogens with one attached hydrogen (secondary N) is 2. The van der Waals surface area contributed by atoms with Gasteiger partial charge < -0.3 is 25.0 Å². The molecule has 10 nitrogen and oxygen atoms in total. The predicted molar refractivity (Wildman–Crippen MR) is 62.5 cm³/mol. The van der Waals surface area contributed by atoms with Crippen LogP contribution in [-0.2, 0) is 20.9 Å². The van der Waals surface area contributed by atoms with Crippen LogP contribution >= 0.6 is 0 Å². The highest BCUT2D eigenvalue weighted by Crippen LogP contribution is 1.96. The number of urea groups is 1. The average Bonchev–Trinajstić information content (AvgIpc) is 2.81. The molecule has 1 aromatic rings. The Bertz CT molecular complexity index is 500. The van der Waals surface area contributed by atoms with Crippen molar-refractivity contribution >= 4 is 18.0 Å². The normalized spacial score (nSPS) is 11.5. The third-order valence-corrected chi connectivity index (χ3v) is 2.18. The molecule has 0 aliphatic heterocycles. The fourth-order valence-corrected chi connectivity index (χ4v) is 1.23. The molecule has 0 spiro atoms. The first kappa shape index (κ1) is 15.4. The van der Waals surface area contributed by atoms with Gasteiger partial charge in [-0.2, -0.15) is 4.98 Å². The molecule has 20 heavy (non-hydrogen) atoms. The minimum absolute atomic E-state index is 0.0340. The van der Waals surface area contributed by atoms with Crippen LogP contribution in [0.5, 0.6) is 0 Å². The van der Waals surface area contributed by atoms with Crippen LogP contribution in [-0.4, -0.2) is 46.4 Å². The third kappa shape index (κ3) is 4.92. The van der Waals surface area contributed by atoms with Gasteiger partial charge in [0, 0.05) is 6.92 Å². The summed E-state index contributed by atoms with van der Waals surface area (Å²) in [4.78, 5) is 37.2. The molecule has 110 valence electrons. The number of hydrogen-bond donors (Lipinski definition) is 3. The van der Waals surface area contributed by atoms with E-state index < -0.39 is 30.4 Å². The van der Waals surface area contributed by atoms with Crippen LogP contribution in [0.3, 0.4) is 0 Å². The molecular weight excluding hydrogens is 272 g/mol. The first-order valence-corrected chi connectivity index (χ1v) is 5.55. The molecule has 0 bridgehead atoms. The molecule has 0 aromatic carbocycles. The van der Waals surface area contributed by atoms with Crippen molar-refractivity contribution < 1.29 is 28.8 Å². The summed E-state index contributed by atoms with van der Waals surface area (Å²) in [5, 5.41) is 16.9. The Balaban J connectivity index is 2.45. The number of nitrogens with zero attached hydrogens (tertiary/aromatic N) is 2. The molecule has 1 atom stereocenters. The van der Waals surface area contributed by atoms with E-state index >= 15 is 0 Å². The number of esters is 1. The summed E-state index contributed by atoms with van der Waals surface area (Å²) in [5.41, 5.74) is 0. The number of hydrogen-bond acceptors (Lipinski definition) is 7. The molecule has 3 N–H and O–H groups in total. The number of carboxylic acid groups (broad SMARTS) is 1. The molecule has 10 heteroatoms. The predicted octanol–water partition coefficient (Wildman–Crippen LogP) is -0.806. The van der Waals surface area contributed by atoms with Crippen molar-refractivity contribution in [2.45, 2.75) is 25.9 Å². The van der Waals surface area contributed by atoms with Crippen molar-refractivity contribution in [3.8, 4) is 0 Å². The van der Waals surface area contributed by atoms with E-state index in [2.05, 4.69) is 25.5 Å². The van der Waals surface area contributed by atoms with E-state index in [1.165, 1.54) is 0 Å². The molecular formula is C10H14N4O6.